The van der Waals surface area contributed by atoms with Crippen LogP contribution in [0.3, 0.4) is 0 Å². The zero-order chi connectivity index (χ0) is 15.9. The highest BCUT2D eigenvalue weighted by Crippen LogP contribution is 2.23. The fourth-order valence-electron chi connectivity index (χ4n) is 2.44. The maximum absolute atomic E-state index is 3.49. The van der Waals surface area contributed by atoms with Gasteiger partial charge in [0.05, 0.1) is 11.4 Å². The maximum atomic E-state index is 3.49. The van der Waals surface area contributed by atoms with Crippen molar-refractivity contribution in [2.24, 2.45) is 0 Å². The Morgan fingerprint density at radius 2 is 1.13 bits per heavy atom. The highest BCUT2D eigenvalue weighted by Gasteiger charge is 2.08. The van der Waals surface area contributed by atoms with E-state index in [0.29, 0.717) is 0 Å². The number of benzene rings is 3. The minimum absolute atomic E-state index is 1.07. The van der Waals surface area contributed by atoms with Gasteiger partial charge in [0, 0.05) is 5.70 Å². The highest BCUT2D eigenvalue weighted by atomic mass is 15.5. The van der Waals surface area contributed by atoms with Crippen molar-refractivity contribution in [2.45, 2.75) is 6.92 Å². The molecule has 2 heteroatoms. The summed E-state index contributed by atoms with van der Waals surface area (Å²) in [5.74, 6) is 0. The summed E-state index contributed by atoms with van der Waals surface area (Å²) in [6, 6.07) is 30.9. The number of allylic oxidation sites excluding steroid dienone is 1. The van der Waals surface area contributed by atoms with E-state index in [1.807, 2.05) is 54.6 Å². The molecule has 3 aromatic carbocycles. The molecule has 2 nitrogen and oxygen atoms in total. The van der Waals surface area contributed by atoms with Crippen LogP contribution in [0.15, 0.2) is 96.7 Å². The topological polar surface area (TPSA) is 15.3 Å². The standard InChI is InChI=1S/C21H20N2/c1-18(17-19-11-5-2-6-12-19)22-23(20-13-7-3-8-14-20)21-15-9-4-10-16-21/h2-17,22H,1H3/b18-17+. The number of anilines is 2. The Morgan fingerprint density at radius 1 is 0.696 bits per heavy atom. The smallest absolute Gasteiger partial charge is 0.0630 e. The van der Waals surface area contributed by atoms with Crippen molar-refractivity contribution < 1.29 is 0 Å². The number of hydrogen-bond acceptors (Lipinski definition) is 2. The third-order valence-electron chi connectivity index (χ3n) is 3.50. The zero-order valence-corrected chi connectivity index (χ0v) is 13.2. The van der Waals surface area contributed by atoms with Crippen LogP contribution in [0.4, 0.5) is 11.4 Å². The summed E-state index contributed by atoms with van der Waals surface area (Å²) in [4.78, 5) is 0. The van der Waals surface area contributed by atoms with Crippen molar-refractivity contribution in [1.29, 1.82) is 0 Å². The fraction of sp³-hybridized carbons (Fsp3) is 0.0476. The molecule has 0 unspecified atom stereocenters. The lowest BCUT2D eigenvalue weighted by atomic mass is 10.2. The van der Waals surface area contributed by atoms with Crippen LogP contribution in [0.5, 0.6) is 0 Å². The van der Waals surface area contributed by atoms with E-state index in [1.54, 1.807) is 0 Å². The van der Waals surface area contributed by atoms with Gasteiger partial charge in [-0.15, -0.1) is 0 Å². The van der Waals surface area contributed by atoms with Crippen molar-refractivity contribution >= 4 is 17.5 Å². The molecule has 0 radical (unpaired) electrons. The van der Waals surface area contributed by atoms with E-state index < -0.39 is 0 Å². The first-order valence-electron chi connectivity index (χ1n) is 7.73. The van der Waals surface area contributed by atoms with Crippen molar-refractivity contribution in [2.75, 3.05) is 5.01 Å². The second kappa shape index (κ2) is 7.32. The summed E-state index contributed by atoms with van der Waals surface area (Å²) in [7, 11) is 0. The third-order valence-corrected chi connectivity index (χ3v) is 3.50. The second-order valence-electron chi connectivity index (χ2n) is 5.36. The van der Waals surface area contributed by atoms with Gasteiger partial charge in [-0.2, -0.15) is 0 Å². The first-order valence-corrected chi connectivity index (χ1v) is 7.73. The van der Waals surface area contributed by atoms with Crippen LogP contribution in [0.2, 0.25) is 0 Å². The summed E-state index contributed by atoms with van der Waals surface area (Å²) in [5.41, 5.74) is 7.94. The zero-order valence-electron chi connectivity index (χ0n) is 13.2. The molecule has 1 N–H and O–H groups in total. The number of hydrazine groups is 1. The average molecular weight is 300 g/mol. The highest BCUT2D eigenvalue weighted by molar-refractivity contribution is 5.63. The SMILES string of the molecule is C/C(=C\c1ccccc1)NN(c1ccccc1)c1ccccc1. The molecule has 0 aliphatic carbocycles. The Morgan fingerprint density at radius 3 is 1.61 bits per heavy atom. The van der Waals surface area contributed by atoms with Gasteiger partial charge < -0.3 is 0 Å². The molecule has 0 aliphatic heterocycles. The van der Waals surface area contributed by atoms with Gasteiger partial charge in [0.15, 0.2) is 0 Å². The Kier molecular flexibility index (Phi) is 4.75. The molecule has 0 heterocycles. The second-order valence-corrected chi connectivity index (χ2v) is 5.36. The number of hydrogen-bond donors (Lipinski definition) is 1. The molecule has 23 heavy (non-hydrogen) atoms. The monoisotopic (exact) mass is 300 g/mol. The number of nitrogens with one attached hydrogen (secondary N) is 1. The maximum Gasteiger partial charge on any atom is 0.0630 e. The summed E-state index contributed by atoms with van der Waals surface area (Å²) < 4.78 is 0. The van der Waals surface area contributed by atoms with Crippen LogP contribution in [0, 0.1) is 0 Å². The van der Waals surface area contributed by atoms with E-state index in [4.69, 9.17) is 0 Å². The molecular formula is C21H20N2. The van der Waals surface area contributed by atoms with Crippen LogP contribution in [0.1, 0.15) is 12.5 Å². The van der Waals surface area contributed by atoms with Crippen molar-refractivity contribution in [1.82, 2.24) is 5.43 Å². The van der Waals surface area contributed by atoms with Gasteiger partial charge in [-0.05, 0) is 42.8 Å². The van der Waals surface area contributed by atoms with Crippen molar-refractivity contribution in [3.63, 3.8) is 0 Å². The van der Waals surface area contributed by atoms with Gasteiger partial charge in [-0.3, -0.25) is 10.4 Å². The molecule has 3 aromatic rings. The van der Waals surface area contributed by atoms with Gasteiger partial charge in [-0.25, -0.2) is 0 Å². The van der Waals surface area contributed by atoms with Gasteiger partial charge in [0.2, 0.25) is 0 Å². The molecule has 0 aromatic heterocycles. The normalized spacial score (nSPS) is 11.1. The molecule has 0 spiro atoms. The Hall–Kier alpha value is -3.00. The minimum atomic E-state index is 1.07. The van der Waals surface area contributed by atoms with Gasteiger partial charge in [-0.1, -0.05) is 66.7 Å². The quantitative estimate of drug-likeness (QED) is 0.635. The van der Waals surface area contributed by atoms with Gasteiger partial charge in [0.25, 0.3) is 0 Å². The lowest BCUT2D eigenvalue weighted by molar-refractivity contribution is 0.834. The summed E-state index contributed by atoms with van der Waals surface area (Å²) in [5, 5.41) is 2.09. The average Bonchev–Trinajstić information content (AvgIpc) is 2.62. The van der Waals surface area contributed by atoms with E-state index in [9.17, 15) is 0 Å². The molecule has 0 saturated carbocycles. The predicted molar refractivity (Wildman–Crippen MR) is 98.3 cm³/mol. The molecule has 0 fully saturated rings. The summed E-state index contributed by atoms with van der Waals surface area (Å²) >= 11 is 0. The number of para-hydroxylation sites is 2. The van der Waals surface area contributed by atoms with E-state index >= 15 is 0 Å². The largest absolute Gasteiger partial charge is 0.298 e. The van der Waals surface area contributed by atoms with Gasteiger partial charge in [0.1, 0.15) is 0 Å². The predicted octanol–water partition coefficient (Wildman–Crippen LogP) is 5.39. The lowest BCUT2D eigenvalue weighted by Crippen LogP contribution is -2.32. The van der Waals surface area contributed by atoms with E-state index in [1.165, 1.54) is 5.56 Å². The van der Waals surface area contributed by atoms with E-state index in [2.05, 4.69) is 59.8 Å². The molecular weight excluding hydrogens is 280 g/mol. The van der Waals surface area contributed by atoms with Gasteiger partial charge >= 0.3 is 0 Å². The Balaban J connectivity index is 1.89. The van der Waals surface area contributed by atoms with Crippen LogP contribution in [0.25, 0.3) is 6.08 Å². The van der Waals surface area contributed by atoms with E-state index in [-0.39, 0.29) is 0 Å². The van der Waals surface area contributed by atoms with Crippen molar-refractivity contribution in [3.8, 4) is 0 Å². The Labute approximate surface area is 137 Å². The van der Waals surface area contributed by atoms with Crippen LogP contribution < -0.4 is 10.4 Å². The third kappa shape index (κ3) is 4.01. The minimum Gasteiger partial charge on any atom is -0.298 e. The number of nitrogens with zero attached hydrogens (tertiary/aromatic N) is 1. The fourth-order valence-corrected chi connectivity index (χ4v) is 2.44. The van der Waals surface area contributed by atoms with Crippen LogP contribution in [-0.4, -0.2) is 0 Å². The summed E-state index contributed by atoms with van der Waals surface area (Å²) in [6.07, 6.45) is 2.14. The van der Waals surface area contributed by atoms with Crippen molar-refractivity contribution in [3.05, 3.63) is 102 Å². The van der Waals surface area contributed by atoms with Crippen LogP contribution >= 0.6 is 0 Å². The first kappa shape index (κ1) is 14.9. The molecule has 0 aliphatic rings. The molecule has 0 saturated heterocycles. The molecule has 3 rings (SSSR count). The molecule has 114 valence electrons. The summed E-state index contributed by atoms with van der Waals surface area (Å²) in [6.45, 7) is 2.08. The molecule has 0 amide bonds. The lowest BCUT2D eigenvalue weighted by Gasteiger charge is -2.27. The molecule has 0 bridgehead atoms. The number of rotatable bonds is 5. The van der Waals surface area contributed by atoms with Crippen LogP contribution in [-0.2, 0) is 0 Å². The molecule has 0 atom stereocenters. The Bertz CT molecular complexity index is 710. The van der Waals surface area contributed by atoms with E-state index in [0.717, 1.165) is 17.1 Å². The first-order chi connectivity index (χ1) is 11.3.